The van der Waals surface area contributed by atoms with E-state index in [1.807, 2.05) is 6.92 Å². The van der Waals surface area contributed by atoms with E-state index in [9.17, 15) is 18.3 Å². The van der Waals surface area contributed by atoms with Gasteiger partial charge in [0, 0.05) is 43.8 Å². The molecule has 0 radical (unpaired) electrons. The minimum absolute atomic E-state index is 0.0161. The largest absolute Gasteiger partial charge is 0.395 e. The molecule has 1 aliphatic carbocycles. The van der Waals surface area contributed by atoms with E-state index < -0.39 is 10.0 Å². The van der Waals surface area contributed by atoms with Crippen LogP contribution >= 0.6 is 0 Å². The zero-order valence-corrected chi connectivity index (χ0v) is 16.6. The Kier molecular flexibility index (Phi) is 6.52. The van der Waals surface area contributed by atoms with E-state index in [0.29, 0.717) is 31.9 Å². The van der Waals surface area contributed by atoms with Crippen molar-refractivity contribution in [1.29, 1.82) is 0 Å². The van der Waals surface area contributed by atoms with Crippen molar-refractivity contribution in [2.24, 2.45) is 5.92 Å². The van der Waals surface area contributed by atoms with Gasteiger partial charge in [0.25, 0.3) is 0 Å². The van der Waals surface area contributed by atoms with Crippen molar-refractivity contribution in [3.63, 3.8) is 0 Å². The van der Waals surface area contributed by atoms with E-state index in [4.69, 9.17) is 0 Å². The maximum absolute atomic E-state index is 12.9. The third-order valence-electron chi connectivity index (χ3n) is 5.71. The molecule has 1 aromatic carbocycles. The molecule has 1 aliphatic heterocycles. The van der Waals surface area contributed by atoms with Crippen molar-refractivity contribution >= 4 is 21.6 Å². The van der Waals surface area contributed by atoms with Gasteiger partial charge in [-0.25, -0.2) is 8.42 Å². The number of piperazine rings is 1. The van der Waals surface area contributed by atoms with Crippen molar-refractivity contribution in [3.8, 4) is 0 Å². The molecule has 1 atom stereocenters. The van der Waals surface area contributed by atoms with Crippen LogP contribution < -0.4 is 5.32 Å². The summed E-state index contributed by atoms with van der Waals surface area (Å²) in [5.74, 6) is 0.109. The second-order valence-electron chi connectivity index (χ2n) is 7.33. The van der Waals surface area contributed by atoms with Gasteiger partial charge in [0.05, 0.1) is 11.5 Å². The van der Waals surface area contributed by atoms with Gasteiger partial charge >= 0.3 is 0 Å². The lowest BCUT2D eigenvalue weighted by atomic mass is 9.85. The van der Waals surface area contributed by atoms with E-state index in [0.717, 1.165) is 25.7 Å². The molecule has 1 saturated heterocycles. The number of carbonyl (C=O) groups is 1. The summed E-state index contributed by atoms with van der Waals surface area (Å²) in [5, 5.41) is 12.3. The van der Waals surface area contributed by atoms with Crippen LogP contribution in [0.25, 0.3) is 0 Å². The number of anilines is 1. The first-order valence-electron chi connectivity index (χ1n) is 9.71. The molecule has 0 spiro atoms. The van der Waals surface area contributed by atoms with Gasteiger partial charge in [0.2, 0.25) is 15.9 Å². The molecule has 1 amide bonds. The zero-order valence-electron chi connectivity index (χ0n) is 15.8. The van der Waals surface area contributed by atoms with Crippen LogP contribution in [0.15, 0.2) is 29.2 Å². The molecule has 0 bridgehead atoms. The fourth-order valence-corrected chi connectivity index (χ4v) is 5.01. The number of amides is 1. The summed E-state index contributed by atoms with van der Waals surface area (Å²) in [5.41, 5.74) is 0.629. The number of benzene rings is 1. The van der Waals surface area contributed by atoms with Crippen LogP contribution in [0.3, 0.4) is 0 Å². The average molecular weight is 396 g/mol. The predicted molar refractivity (Wildman–Crippen MR) is 104 cm³/mol. The lowest BCUT2D eigenvalue weighted by Crippen LogP contribution is -2.52. The Morgan fingerprint density at radius 3 is 2.30 bits per heavy atom. The Bertz CT molecular complexity index is 735. The molecule has 2 aliphatic rings. The monoisotopic (exact) mass is 395 g/mol. The Labute approximate surface area is 161 Å². The smallest absolute Gasteiger partial charge is 0.243 e. The van der Waals surface area contributed by atoms with Gasteiger partial charge in [-0.05, 0) is 43.5 Å². The molecule has 3 rings (SSSR count). The van der Waals surface area contributed by atoms with Crippen LogP contribution in [-0.4, -0.2) is 67.5 Å². The fraction of sp³-hybridized carbons (Fsp3) is 0.632. The lowest BCUT2D eigenvalue weighted by Gasteiger charge is -2.37. The minimum atomic E-state index is -3.55. The van der Waals surface area contributed by atoms with Gasteiger partial charge in [-0.1, -0.05) is 13.3 Å². The molecule has 8 heteroatoms. The number of sulfonamides is 1. The van der Waals surface area contributed by atoms with Crippen LogP contribution in [0.5, 0.6) is 0 Å². The van der Waals surface area contributed by atoms with Gasteiger partial charge in [-0.2, -0.15) is 4.31 Å². The van der Waals surface area contributed by atoms with E-state index >= 15 is 0 Å². The SMILES string of the molecule is CCC(CO)N1CCN(S(=O)(=O)c2ccc(NC(=O)C3CCC3)cc2)CC1. The molecule has 1 saturated carbocycles. The molecule has 1 heterocycles. The summed E-state index contributed by atoms with van der Waals surface area (Å²) < 4.78 is 27.2. The van der Waals surface area contributed by atoms with Crippen LogP contribution in [-0.2, 0) is 14.8 Å². The third-order valence-corrected chi connectivity index (χ3v) is 7.62. The highest BCUT2D eigenvalue weighted by atomic mass is 32.2. The zero-order chi connectivity index (χ0) is 19.4. The van der Waals surface area contributed by atoms with E-state index in [1.165, 1.54) is 4.31 Å². The predicted octanol–water partition coefficient (Wildman–Crippen LogP) is 1.50. The average Bonchev–Trinajstić information content (AvgIpc) is 2.62. The van der Waals surface area contributed by atoms with E-state index in [1.54, 1.807) is 24.3 Å². The maximum Gasteiger partial charge on any atom is 0.243 e. The maximum atomic E-state index is 12.9. The topological polar surface area (TPSA) is 89.9 Å². The van der Waals surface area contributed by atoms with Crippen molar-refractivity contribution < 1.29 is 18.3 Å². The van der Waals surface area contributed by atoms with Crippen molar-refractivity contribution in [2.45, 2.75) is 43.5 Å². The molecule has 150 valence electrons. The molecule has 7 nitrogen and oxygen atoms in total. The first kappa shape index (κ1) is 20.3. The summed E-state index contributed by atoms with van der Waals surface area (Å²) in [6, 6.07) is 6.51. The molecule has 2 fully saturated rings. The van der Waals surface area contributed by atoms with Crippen LogP contribution in [0.4, 0.5) is 5.69 Å². The number of hydrogen-bond donors (Lipinski definition) is 2. The number of aliphatic hydroxyl groups is 1. The summed E-state index contributed by atoms with van der Waals surface area (Å²) in [4.78, 5) is 14.4. The summed E-state index contributed by atoms with van der Waals surface area (Å²) in [7, 11) is -3.55. The van der Waals surface area contributed by atoms with Crippen molar-refractivity contribution in [2.75, 3.05) is 38.1 Å². The number of aliphatic hydroxyl groups excluding tert-OH is 1. The van der Waals surface area contributed by atoms with Crippen LogP contribution in [0.2, 0.25) is 0 Å². The van der Waals surface area contributed by atoms with E-state index in [2.05, 4.69) is 10.2 Å². The van der Waals surface area contributed by atoms with Crippen LogP contribution in [0, 0.1) is 5.92 Å². The second-order valence-corrected chi connectivity index (χ2v) is 9.26. The Morgan fingerprint density at radius 2 is 1.81 bits per heavy atom. The van der Waals surface area contributed by atoms with E-state index in [-0.39, 0.29) is 29.4 Å². The first-order chi connectivity index (χ1) is 13.0. The lowest BCUT2D eigenvalue weighted by molar-refractivity contribution is -0.122. The fourth-order valence-electron chi connectivity index (χ4n) is 3.59. The van der Waals surface area contributed by atoms with Gasteiger partial charge in [-0.3, -0.25) is 9.69 Å². The van der Waals surface area contributed by atoms with Crippen molar-refractivity contribution in [1.82, 2.24) is 9.21 Å². The third kappa shape index (κ3) is 4.51. The number of nitrogens with zero attached hydrogens (tertiary/aromatic N) is 2. The molecule has 2 N–H and O–H groups in total. The highest BCUT2D eigenvalue weighted by Crippen LogP contribution is 2.28. The molecule has 1 unspecified atom stereocenters. The second kappa shape index (κ2) is 8.68. The first-order valence-corrected chi connectivity index (χ1v) is 11.2. The summed E-state index contributed by atoms with van der Waals surface area (Å²) in [6.45, 7) is 4.19. The standard InChI is InChI=1S/C19H29N3O4S/c1-2-17(14-23)21-10-12-22(13-11-21)27(25,26)18-8-6-16(7-9-18)20-19(24)15-4-3-5-15/h6-9,15,17,23H,2-5,10-14H2,1H3,(H,20,24). The van der Waals surface area contributed by atoms with Gasteiger partial charge in [-0.15, -0.1) is 0 Å². The summed E-state index contributed by atoms with van der Waals surface area (Å²) in [6.07, 6.45) is 3.80. The number of nitrogens with one attached hydrogen (secondary N) is 1. The minimum Gasteiger partial charge on any atom is -0.395 e. The normalized spacial score (nSPS) is 20.8. The molecule has 1 aromatic rings. The van der Waals surface area contributed by atoms with Gasteiger partial charge in [0.1, 0.15) is 0 Å². The Morgan fingerprint density at radius 1 is 1.19 bits per heavy atom. The van der Waals surface area contributed by atoms with Crippen molar-refractivity contribution in [3.05, 3.63) is 24.3 Å². The number of rotatable bonds is 7. The van der Waals surface area contributed by atoms with Gasteiger partial charge in [0.15, 0.2) is 0 Å². The summed E-state index contributed by atoms with van der Waals surface area (Å²) >= 11 is 0. The Hall–Kier alpha value is -1.48. The highest BCUT2D eigenvalue weighted by molar-refractivity contribution is 7.89. The van der Waals surface area contributed by atoms with Gasteiger partial charge < -0.3 is 10.4 Å². The molecular formula is C19H29N3O4S. The molecule has 27 heavy (non-hydrogen) atoms. The molecule has 0 aromatic heterocycles. The number of hydrogen-bond acceptors (Lipinski definition) is 5. The Balaban J connectivity index is 1.60. The number of carbonyl (C=O) groups excluding carboxylic acids is 1. The highest BCUT2D eigenvalue weighted by Gasteiger charge is 2.30. The molecular weight excluding hydrogens is 366 g/mol. The van der Waals surface area contributed by atoms with Crippen LogP contribution in [0.1, 0.15) is 32.6 Å². The quantitative estimate of drug-likeness (QED) is 0.730.